The van der Waals surface area contributed by atoms with Crippen molar-refractivity contribution in [2.75, 3.05) is 31.2 Å². The van der Waals surface area contributed by atoms with Gasteiger partial charge in [-0.15, -0.1) is 0 Å². The van der Waals surface area contributed by atoms with Crippen LogP contribution in [0.5, 0.6) is 0 Å². The van der Waals surface area contributed by atoms with E-state index in [2.05, 4.69) is 0 Å². The van der Waals surface area contributed by atoms with E-state index >= 15 is 0 Å². The number of benzene rings is 1. The van der Waals surface area contributed by atoms with Crippen LogP contribution in [0.25, 0.3) is 0 Å². The van der Waals surface area contributed by atoms with Gasteiger partial charge in [-0.3, -0.25) is 0 Å². The monoisotopic (exact) mass is 233 g/mol. The summed E-state index contributed by atoms with van der Waals surface area (Å²) in [5.74, 6) is -0.478. The van der Waals surface area contributed by atoms with Crippen LogP contribution in [-0.2, 0) is 0 Å². The van der Waals surface area contributed by atoms with Crippen LogP contribution in [0.3, 0.4) is 0 Å². The number of anilines is 1. The fourth-order valence-electron chi connectivity index (χ4n) is 1.29. The molecule has 1 aromatic carbocycles. The molecule has 2 N–H and O–H groups in total. The highest BCUT2D eigenvalue weighted by Crippen LogP contribution is 2.22. The third-order valence-electron chi connectivity index (χ3n) is 2.01. The minimum Gasteiger partial charge on any atom is -0.395 e. The van der Waals surface area contributed by atoms with E-state index in [4.69, 9.17) is 21.8 Å². The van der Waals surface area contributed by atoms with Gasteiger partial charge >= 0.3 is 0 Å². The van der Waals surface area contributed by atoms with Crippen molar-refractivity contribution < 1.29 is 14.6 Å². The summed E-state index contributed by atoms with van der Waals surface area (Å²) in [6.45, 7) is 0.690. The first-order chi connectivity index (χ1) is 7.19. The van der Waals surface area contributed by atoms with E-state index in [0.29, 0.717) is 18.8 Å². The van der Waals surface area contributed by atoms with Crippen molar-refractivity contribution in [1.82, 2.24) is 0 Å². The molecule has 15 heavy (non-hydrogen) atoms. The van der Waals surface area contributed by atoms with Crippen molar-refractivity contribution in [3.05, 3.63) is 29.0 Å². The number of halogens is 2. The molecule has 0 amide bonds. The Balaban J connectivity index is 2.85. The molecule has 0 radical (unpaired) electrons. The third-order valence-corrected chi connectivity index (χ3v) is 2.30. The van der Waals surface area contributed by atoms with Crippen LogP contribution in [0.2, 0.25) is 5.02 Å². The number of rotatable bonds is 5. The van der Waals surface area contributed by atoms with Gasteiger partial charge < -0.3 is 15.1 Å². The Bertz CT molecular complexity index is 316. The van der Waals surface area contributed by atoms with E-state index in [9.17, 15) is 4.39 Å². The summed E-state index contributed by atoms with van der Waals surface area (Å²) >= 11 is 5.63. The molecule has 0 atom stereocenters. The third kappa shape index (κ3) is 3.34. The minimum absolute atomic E-state index is 0.0327. The zero-order valence-electron chi connectivity index (χ0n) is 8.16. The van der Waals surface area contributed by atoms with Gasteiger partial charge in [-0.1, -0.05) is 11.6 Å². The van der Waals surface area contributed by atoms with E-state index in [1.54, 1.807) is 11.0 Å². The van der Waals surface area contributed by atoms with Gasteiger partial charge in [0.2, 0.25) is 0 Å². The molecule has 84 valence electrons. The van der Waals surface area contributed by atoms with Crippen LogP contribution in [0.4, 0.5) is 10.1 Å². The predicted molar refractivity (Wildman–Crippen MR) is 57.8 cm³/mol. The number of aliphatic hydroxyl groups is 2. The maximum atomic E-state index is 12.9. The van der Waals surface area contributed by atoms with Crippen LogP contribution >= 0.6 is 11.6 Å². The topological polar surface area (TPSA) is 43.7 Å². The minimum atomic E-state index is -0.478. The summed E-state index contributed by atoms with van der Waals surface area (Å²) in [6.07, 6.45) is 0. The Kier molecular flexibility index (Phi) is 4.81. The van der Waals surface area contributed by atoms with Crippen molar-refractivity contribution in [1.29, 1.82) is 0 Å². The molecule has 0 fully saturated rings. The van der Waals surface area contributed by atoms with E-state index in [-0.39, 0.29) is 18.2 Å². The molecule has 0 heterocycles. The van der Waals surface area contributed by atoms with Gasteiger partial charge in [0, 0.05) is 18.8 Å². The van der Waals surface area contributed by atoms with Crippen LogP contribution in [0.15, 0.2) is 18.2 Å². The fourth-order valence-corrected chi connectivity index (χ4v) is 1.47. The lowest BCUT2D eigenvalue weighted by atomic mass is 10.2. The van der Waals surface area contributed by atoms with Crippen molar-refractivity contribution in [3.8, 4) is 0 Å². The summed E-state index contributed by atoms with van der Waals surface area (Å²) < 4.78 is 12.9. The lowest BCUT2D eigenvalue weighted by molar-refractivity contribution is 0.281. The quantitative estimate of drug-likeness (QED) is 0.805. The second-order valence-corrected chi connectivity index (χ2v) is 3.44. The van der Waals surface area contributed by atoms with Crippen LogP contribution in [0, 0.1) is 5.82 Å². The lowest BCUT2D eigenvalue weighted by Crippen LogP contribution is -2.29. The zero-order chi connectivity index (χ0) is 11.3. The molecule has 0 aromatic heterocycles. The number of hydrogen-bond acceptors (Lipinski definition) is 3. The molecule has 0 aliphatic rings. The molecule has 0 aliphatic carbocycles. The molecule has 0 unspecified atom stereocenters. The van der Waals surface area contributed by atoms with Gasteiger partial charge in [0.05, 0.1) is 18.2 Å². The van der Waals surface area contributed by atoms with E-state index in [1.165, 1.54) is 12.1 Å². The van der Waals surface area contributed by atoms with Crippen molar-refractivity contribution in [2.45, 2.75) is 0 Å². The molecule has 5 heteroatoms. The van der Waals surface area contributed by atoms with Gasteiger partial charge in [0.25, 0.3) is 0 Å². The molecule has 0 aliphatic heterocycles. The maximum absolute atomic E-state index is 12.9. The normalized spacial score (nSPS) is 10.4. The number of nitrogens with zero attached hydrogens (tertiary/aromatic N) is 1. The predicted octanol–water partition coefficient (Wildman–Crippen LogP) is 1.27. The molecular weight excluding hydrogens is 221 g/mol. The average molecular weight is 234 g/mol. The summed E-state index contributed by atoms with van der Waals surface area (Å²) in [5.41, 5.74) is 0.685. The van der Waals surface area contributed by atoms with Gasteiger partial charge in [0.1, 0.15) is 5.82 Å². The Morgan fingerprint density at radius 2 is 1.80 bits per heavy atom. The molecule has 0 bridgehead atoms. The highest BCUT2D eigenvalue weighted by Gasteiger charge is 2.07. The first-order valence-electron chi connectivity index (χ1n) is 4.60. The first-order valence-corrected chi connectivity index (χ1v) is 4.98. The van der Waals surface area contributed by atoms with Gasteiger partial charge in [-0.25, -0.2) is 4.39 Å². The Labute approximate surface area is 92.7 Å². The summed E-state index contributed by atoms with van der Waals surface area (Å²) in [6, 6.07) is 4.30. The number of aliphatic hydroxyl groups excluding tert-OH is 2. The first kappa shape index (κ1) is 12.2. The smallest absolute Gasteiger partial charge is 0.141 e. The van der Waals surface area contributed by atoms with Crippen LogP contribution < -0.4 is 4.90 Å². The molecule has 0 spiro atoms. The van der Waals surface area contributed by atoms with Crippen molar-refractivity contribution >= 4 is 17.3 Å². The van der Waals surface area contributed by atoms with E-state index < -0.39 is 5.82 Å². The van der Waals surface area contributed by atoms with Gasteiger partial charge in [-0.05, 0) is 18.2 Å². The second-order valence-electron chi connectivity index (χ2n) is 3.03. The summed E-state index contributed by atoms with van der Waals surface area (Å²) in [4.78, 5) is 1.73. The Morgan fingerprint density at radius 1 is 1.20 bits per heavy atom. The Hall–Kier alpha value is -0.840. The highest BCUT2D eigenvalue weighted by molar-refractivity contribution is 6.31. The Morgan fingerprint density at radius 3 is 2.27 bits per heavy atom. The van der Waals surface area contributed by atoms with Crippen molar-refractivity contribution in [3.63, 3.8) is 0 Å². The molecule has 0 saturated heterocycles. The standard InChI is InChI=1S/C10H13ClFNO2/c11-9-7-8(1-2-10(9)12)13(3-5-14)4-6-15/h1-2,7,14-15H,3-6H2. The number of hydrogen-bond donors (Lipinski definition) is 2. The summed E-state index contributed by atoms with van der Waals surface area (Å²) in [7, 11) is 0. The molecule has 1 aromatic rings. The zero-order valence-corrected chi connectivity index (χ0v) is 8.91. The van der Waals surface area contributed by atoms with E-state index in [0.717, 1.165) is 0 Å². The van der Waals surface area contributed by atoms with E-state index in [1.807, 2.05) is 0 Å². The van der Waals surface area contributed by atoms with Crippen LogP contribution in [0.1, 0.15) is 0 Å². The maximum Gasteiger partial charge on any atom is 0.141 e. The highest BCUT2D eigenvalue weighted by atomic mass is 35.5. The molecule has 3 nitrogen and oxygen atoms in total. The van der Waals surface area contributed by atoms with Gasteiger partial charge in [0.15, 0.2) is 0 Å². The van der Waals surface area contributed by atoms with Gasteiger partial charge in [-0.2, -0.15) is 0 Å². The molecule has 1 rings (SSSR count). The lowest BCUT2D eigenvalue weighted by Gasteiger charge is -2.23. The second kappa shape index (κ2) is 5.90. The molecule has 0 saturated carbocycles. The largest absolute Gasteiger partial charge is 0.395 e. The van der Waals surface area contributed by atoms with Crippen molar-refractivity contribution in [2.24, 2.45) is 0 Å². The fraction of sp³-hybridized carbons (Fsp3) is 0.400. The average Bonchev–Trinajstić information content (AvgIpc) is 2.22. The SMILES string of the molecule is OCCN(CCO)c1ccc(F)c(Cl)c1. The van der Waals surface area contributed by atoms with Crippen LogP contribution in [-0.4, -0.2) is 36.5 Å². The molecular formula is C10H13ClFNO2. The summed E-state index contributed by atoms with van der Waals surface area (Å²) in [5, 5.41) is 17.7.